The molecule has 0 spiro atoms. The van der Waals surface area contributed by atoms with Gasteiger partial charge in [0.1, 0.15) is 0 Å². The molecule has 86 valence electrons. The molecule has 1 aliphatic carbocycles. The van der Waals surface area contributed by atoms with Crippen molar-refractivity contribution in [3.8, 4) is 0 Å². The third kappa shape index (κ3) is 3.22. The zero-order valence-corrected chi connectivity index (χ0v) is 9.76. The first kappa shape index (κ1) is 11.4. The Kier molecular flexibility index (Phi) is 3.80. The zero-order chi connectivity index (χ0) is 11.4. The Hall–Kier alpha value is -1.06. The summed E-state index contributed by atoms with van der Waals surface area (Å²) in [5.41, 5.74) is 0.782. The summed E-state index contributed by atoms with van der Waals surface area (Å²) >= 11 is 5.75. The molecule has 0 heterocycles. The van der Waals surface area contributed by atoms with Crippen LogP contribution in [0.3, 0.4) is 0 Å². The van der Waals surface area contributed by atoms with Crippen LogP contribution in [0.5, 0.6) is 0 Å². The fourth-order valence-electron chi connectivity index (χ4n) is 1.59. The number of rotatable bonds is 4. The summed E-state index contributed by atoms with van der Waals surface area (Å²) < 4.78 is 0. The lowest BCUT2D eigenvalue weighted by Crippen LogP contribution is -2.40. The molecular formula is C12H15ClN2O. The summed E-state index contributed by atoms with van der Waals surface area (Å²) in [6, 6.07) is 7.65. The van der Waals surface area contributed by atoms with Gasteiger partial charge >= 0.3 is 0 Å². The molecule has 0 aliphatic heterocycles. The molecule has 0 radical (unpaired) electrons. The Morgan fingerprint density at radius 1 is 1.31 bits per heavy atom. The van der Waals surface area contributed by atoms with E-state index >= 15 is 0 Å². The maximum atomic E-state index is 11.5. The third-order valence-corrected chi connectivity index (χ3v) is 3.04. The SMILES string of the molecule is O=C(CNC1CCC1)Nc1ccc(Cl)cc1. The van der Waals surface area contributed by atoms with E-state index in [9.17, 15) is 4.79 Å². The summed E-state index contributed by atoms with van der Waals surface area (Å²) in [5, 5.41) is 6.70. The number of carbonyl (C=O) groups is 1. The van der Waals surface area contributed by atoms with E-state index in [0.29, 0.717) is 17.6 Å². The summed E-state index contributed by atoms with van der Waals surface area (Å²) in [7, 11) is 0. The maximum Gasteiger partial charge on any atom is 0.238 e. The van der Waals surface area contributed by atoms with Gasteiger partial charge in [-0.25, -0.2) is 0 Å². The fraction of sp³-hybridized carbons (Fsp3) is 0.417. The number of amides is 1. The van der Waals surface area contributed by atoms with Crippen LogP contribution in [0.4, 0.5) is 5.69 Å². The Morgan fingerprint density at radius 2 is 2.00 bits per heavy atom. The molecule has 1 fully saturated rings. The van der Waals surface area contributed by atoms with E-state index in [4.69, 9.17) is 11.6 Å². The average molecular weight is 239 g/mol. The van der Waals surface area contributed by atoms with Crippen LogP contribution in [0.2, 0.25) is 5.02 Å². The van der Waals surface area contributed by atoms with Crippen LogP contribution in [0.25, 0.3) is 0 Å². The van der Waals surface area contributed by atoms with Crippen molar-refractivity contribution in [1.82, 2.24) is 5.32 Å². The van der Waals surface area contributed by atoms with Crippen LogP contribution in [0.1, 0.15) is 19.3 Å². The van der Waals surface area contributed by atoms with Gasteiger partial charge in [0.2, 0.25) is 5.91 Å². The molecule has 4 heteroatoms. The topological polar surface area (TPSA) is 41.1 Å². The van der Waals surface area contributed by atoms with Crippen molar-refractivity contribution in [3.63, 3.8) is 0 Å². The second-order valence-corrected chi connectivity index (χ2v) is 4.50. The van der Waals surface area contributed by atoms with Crippen LogP contribution in [-0.2, 0) is 4.79 Å². The largest absolute Gasteiger partial charge is 0.325 e. The van der Waals surface area contributed by atoms with Gasteiger partial charge in [0.25, 0.3) is 0 Å². The van der Waals surface area contributed by atoms with Gasteiger partial charge in [-0.2, -0.15) is 0 Å². The Balaban J connectivity index is 1.75. The van der Waals surface area contributed by atoms with Crippen LogP contribution in [0, 0.1) is 0 Å². The molecule has 1 saturated carbocycles. The predicted octanol–water partition coefficient (Wildman–Crippen LogP) is 2.42. The number of hydrogen-bond donors (Lipinski definition) is 2. The maximum absolute atomic E-state index is 11.5. The molecule has 0 aromatic heterocycles. The molecular weight excluding hydrogens is 224 g/mol. The highest BCUT2D eigenvalue weighted by molar-refractivity contribution is 6.30. The number of hydrogen-bond acceptors (Lipinski definition) is 2. The monoisotopic (exact) mass is 238 g/mol. The summed E-state index contributed by atoms with van der Waals surface area (Å²) in [6.45, 7) is 0.382. The van der Waals surface area contributed by atoms with Crippen LogP contribution >= 0.6 is 11.6 Å². The first-order valence-corrected chi connectivity index (χ1v) is 5.90. The van der Waals surface area contributed by atoms with Crippen molar-refractivity contribution in [2.24, 2.45) is 0 Å². The molecule has 0 unspecified atom stereocenters. The quantitative estimate of drug-likeness (QED) is 0.846. The Morgan fingerprint density at radius 3 is 2.56 bits per heavy atom. The molecule has 1 aromatic rings. The number of anilines is 1. The van der Waals surface area contributed by atoms with Gasteiger partial charge in [-0.1, -0.05) is 18.0 Å². The van der Waals surface area contributed by atoms with Gasteiger partial charge in [0, 0.05) is 16.8 Å². The first-order valence-electron chi connectivity index (χ1n) is 5.53. The van der Waals surface area contributed by atoms with Crippen molar-refractivity contribution < 1.29 is 4.79 Å². The van der Waals surface area contributed by atoms with Crippen molar-refractivity contribution >= 4 is 23.2 Å². The van der Waals surface area contributed by atoms with E-state index in [1.807, 2.05) is 0 Å². The Bertz CT molecular complexity index is 360. The molecule has 16 heavy (non-hydrogen) atoms. The van der Waals surface area contributed by atoms with E-state index < -0.39 is 0 Å². The van der Waals surface area contributed by atoms with E-state index in [-0.39, 0.29) is 5.91 Å². The summed E-state index contributed by atoms with van der Waals surface area (Å²) in [5.74, 6) is -0.00535. The standard InChI is InChI=1S/C12H15ClN2O/c13-9-4-6-11(7-5-9)15-12(16)8-14-10-2-1-3-10/h4-7,10,14H,1-3,8H2,(H,15,16). The zero-order valence-electron chi connectivity index (χ0n) is 9.00. The second kappa shape index (κ2) is 5.32. The number of benzene rings is 1. The van der Waals surface area contributed by atoms with E-state index in [2.05, 4.69) is 10.6 Å². The van der Waals surface area contributed by atoms with Gasteiger partial charge in [-0.3, -0.25) is 4.79 Å². The normalized spacial score (nSPS) is 15.6. The third-order valence-electron chi connectivity index (χ3n) is 2.78. The lowest BCUT2D eigenvalue weighted by molar-refractivity contribution is -0.115. The van der Waals surface area contributed by atoms with Crippen molar-refractivity contribution in [3.05, 3.63) is 29.3 Å². The molecule has 3 nitrogen and oxygen atoms in total. The van der Waals surface area contributed by atoms with E-state index in [1.165, 1.54) is 19.3 Å². The molecule has 0 atom stereocenters. The smallest absolute Gasteiger partial charge is 0.238 e. The highest BCUT2D eigenvalue weighted by atomic mass is 35.5. The molecule has 1 aromatic carbocycles. The van der Waals surface area contributed by atoms with Crippen molar-refractivity contribution in [1.29, 1.82) is 0 Å². The fourth-order valence-corrected chi connectivity index (χ4v) is 1.71. The second-order valence-electron chi connectivity index (χ2n) is 4.06. The Labute approximate surface area is 100 Å². The molecule has 2 rings (SSSR count). The van der Waals surface area contributed by atoms with Gasteiger partial charge in [-0.05, 0) is 37.1 Å². The molecule has 1 aliphatic rings. The molecule has 2 N–H and O–H groups in total. The molecule has 0 saturated heterocycles. The predicted molar refractivity (Wildman–Crippen MR) is 65.7 cm³/mol. The minimum atomic E-state index is -0.00535. The average Bonchev–Trinajstić information content (AvgIpc) is 2.19. The first-order chi connectivity index (χ1) is 7.74. The van der Waals surface area contributed by atoms with Crippen LogP contribution < -0.4 is 10.6 Å². The van der Waals surface area contributed by atoms with Gasteiger partial charge in [-0.15, -0.1) is 0 Å². The molecule has 1 amide bonds. The van der Waals surface area contributed by atoms with Crippen molar-refractivity contribution in [2.75, 3.05) is 11.9 Å². The number of nitrogens with one attached hydrogen (secondary N) is 2. The number of carbonyl (C=O) groups excluding carboxylic acids is 1. The van der Waals surface area contributed by atoms with E-state index in [0.717, 1.165) is 5.69 Å². The lowest BCUT2D eigenvalue weighted by Gasteiger charge is -2.26. The van der Waals surface area contributed by atoms with Crippen LogP contribution in [-0.4, -0.2) is 18.5 Å². The highest BCUT2D eigenvalue weighted by Gasteiger charge is 2.17. The van der Waals surface area contributed by atoms with Crippen molar-refractivity contribution in [2.45, 2.75) is 25.3 Å². The van der Waals surface area contributed by atoms with E-state index in [1.54, 1.807) is 24.3 Å². The lowest BCUT2D eigenvalue weighted by atomic mass is 9.93. The minimum absolute atomic E-state index is 0.00535. The summed E-state index contributed by atoms with van der Waals surface area (Å²) in [6.07, 6.45) is 3.65. The summed E-state index contributed by atoms with van der Waals surface area (Å²) in [4.78, 5) is 11.5. The molecule has 0 bridgehead atoms. The number of halogens is 1. The van der Waals surface area contributed by atoms with Gasteiger partial charge < -0.3 is 10.6 Å². The van der Waals surface area contributed by atoms with Crippen LogP contribution in [0.15, 0.2) is 24.3 Å². The van der Waals surface area contributed by atoms with Gasteiger partial charge in [0.05, 0.1) is 6.54 Å². The minimum Gasteiger partial charge on any atom is -0.325 e. The van der Waals surface area contributed by atoms with Gasteiger partial charge in [0.15, 0.2) is 0 Å². The highest BCUT2D eigenvalue weighted by Crippen LogP contribution is 2.17.